The molecule has 10 unspecified atom stereocenters. The summed E-state index contributed by atoms with van der Waals surface area (Å²) in [5.74, 6) is -0.398. The minimum absolute atomic E-state index is 0.00113. The zero-order valence-corrected chi connectivity index (χ0v) is 25.7. The van der Waals surface area contributed by atoms with E-state index in [-0.39, 0.29) is 41.8 Å². The molecule has 3 bridgehead atoms. The summed E-state index contributed by atoms with van der Waals surface area (Å²) in [5, 5.41) is 10.0. The summed E-state index contributed by atoms with van der Waals surface area (Å²) in [6.45, 7) is 7.26. The third-order valence-electron chi connectivity index (χ3n) is 12.2. The van der Waals surface area contributed by atoms with E-state index >= 15 is 8.78 Å². The van der Waals surface area contributed by atoms with Crippen LogP contribution in [0.3, 0.4) is 0 Å². The summed E-state index contributed by atoms with van der Waals surface area (Å²) < 4.78 is 31.2. The van der Waals surface area contributed by atoms with Gasteiger partial charge in [-0.3, -0.25) is 19.8 Å². The number of halogens is 2. The van der Waals surface area contributed by atoms with E-state index in [9.17, 15) is 9.59 Å². The van der Waals surface area contributed by atoms with Crippen molar-refractivity contribution in [2.24, 2.45) is 23.0 Å². The van der Waals surface area contributed by atoms with Crippen LogP contribution in [0, 0.1) is 17.3 Å². The first-order valence-corrected chi connectivity index (χ1v) is 16.8. The molecule has 6 aliphatic heterocycles. The summed E-state index contributed by atoms with van der Waals surface area (Å²) in [7, 11) is 2.12. The molecule has 0 aromatic heterocycles. The number of alkyl halides is 2. The number of quaternary nitrogens is 1. The first-order chi connectivity index (χ1) is 20.1. The molecule has 0 aromatic rings. The largest absolute Gasteiger partial charge is 0.350 e. The van der Waals surface area contributed by atoms with Gasteiger partial charge in [-0.25, -0.2) is 8.78 Å². The number of nitrogens with two attached hydrogens (primary N) is 1. The fourth-order valence-corrected chi connectivity index (χ4v) is 9.96. The zero-order valence-electron chi connectivity index (χ0n) is 25.7. The molecule has 11 heteroatoms. The van der Waals surface area contributed by atoms with Crippen LogP contribution in [0.2, 0.25) is 0 Å². The number of carbonyl (C=O) groups is 2. The van der Waals surface area contributed by atoms with Crippen molar-refractivity contribution >= 4 is 11.8 Å². The SMILES string of the molecule is CCC12CC3C(C(=O)NC4CNCC(F)C4N4CCC(C(=O)N5CCCCC5)CC4)C(N)NC1CCC(F)C[N+]3(C)C2. The maximum atomic E-state index is 15.6. The van der Waals surface area contributed by atoms with E-state index in [0.29, 0.717) is 37.1 Å². The summed E-state index contributed by atoms with van der Waals surface area (Å²) >= 11 is 0. The van der Waals surface area contributed by atoms with Crippen LogP contribution in [0.25, 0.3) is 0 Å². The van der Waals surface area contributed by atoms with Crippen molar-refractivity contribution < 1.29 is 22.9 Å². The van der Waals surface area contributed by atoms with Gasteiger partial charge >= 0.3 is 0 Å². The Bertz CT molecular complexity index is 992. The number of piperidine rings is 3. The number of fused-ring (bicyclic) bond motifs is 3. The Morgan fingerprint density at radius 1 is 1.05 bits per heavy atom. The molecule has 0 aromatic carbocycles. The lowest BCUT2D eigenvalue weighted by atomic mass is 9.74. The Labute approximate surface area is 250 Å². The van der Waals surface area contributed by atoms with Crippen LogP contribution in [0.15, 0.2) is 0 Å². The summed E-state index contributed by atoms with van der Waals surface area (Å²) in [5.41, 5.74) is 6.78. The number of likely N-dealkylation sites (tertiary alicyclic amines) is 2. The molecule has 0 spiro atoms. The average Bonchev–Trinajstić information content (AvgIpc) is 3.22. The summed E-state index contributed by atoms with van der Waals surface area (Å²) in [6, 6.07) is -0.844. The van der Waals surface area contributed by atoms with E-state index in [0.717, 1.165) is 64.6 Å². The van der Waals surface area contributed by atoms with E-state index < -0.39 is 36.5 Å². The summed E-state index contributed by atoms with van der Waals surface area (Å²) in [6.07, 6.45) is 5.35. The fraction of sp³-hybridized carbons (Fsp3) is 0.935. The van der Waals surface area contributed by atoms with Gasteiger partial charge in [0.25, 0.3) is 0 Å². The minimum atomic E-state index is -1.12. The molecule has 6 saturated heterocycles. The van der Waals surface area contributed by atoms with Crippen molar-refractivity contribution in [3.8, 4) is 0 Å². The first-order valence-electron chi connectivity index (χ1n) is 16.8. The molecule has 6 heterocycles. The highest BCUT2D eigenvalue weighted by Gasteiger charge is 2.63. The Morgan fingerprint density at radius 3 is 2.50 bits per heavy atom. The molecule has 0 aliphatic carbocycles. The molecule has 6 rings (SSSR count). The van der Waals surface area contributed by atoms with Crippen molar-refractivity contribution in [3.05, 3.63) is 0 Å². The van der Waals surface area contributed by atoms with Crippen molar-refractivity contribution in [2.75, 3.05) is 59.4 Å². The number of carbonyl (C=O) groups excluding carboxylic acids is 2. The van der Waals surface area contributed by atoms with E-state index in [1.54, 1.807) is 0 Å². The van der Waals surface area contributed by atoms with Gasteiger partial charge in [-0.05, 0) is 64.5 Å². The second kappa shape index (κ2) is 12.2. The van der Waals surface area contributed by atoms with Gasteiger partial charge < -0.3 is 25.8 Å². The van der Waals surface area contributed by atoms with Gasteiger partial charge in [0.1, 0.15) is 30.8 Å². The molecular weight excluding hydrogens is 540 g/mol. The average molecular weight is 595 g/mol. The molecule has 10 atom stereocenters. The van der Waals surface area contributed by atoms with Crippen molar-refractivity contribution in [1.82, 2.24) is 25.8 Å². The Morgan fingerprint density at radius 2 is 1.79 bits per heavy atom. The van der Waals surface area contributed by atoms with E-state index in [4.69, 9.17) is 5.73 Å². The molecule has 0 saturated carbocycles. The van der Waals surface area contributed by atoms with Gasteiger partial charge in [-0.2, -0.15) is 0 Å². The van der Waals surface area contributed by atoms with E-state index in [1.807, 2.05) is 4.90 Å². The molecule has 238 valence electrons. The second-order valence-electron chi connectivity index (χ2n) is 14.7. The van der Waals surface area contributed by atoms with Crippen molar-refractivity contribution in [3.63, 3.8) is 0 Å². The third-order valence-corrected chi connectivity index (χ3v) is 12.2. The van der Waals surface area contributed by atoms with Crippen molar-refractivity contribution in [2.45, 2.75) is 107 Å². The predicted octanol–water partition coefficient (Wildman–Crippen LogP) is 1.13. The molecule has 42 heavy (non-hydrogen) atoms. The Balaban J connectivity index is 1.16. The highest BCUT2D eigenvalue weighted by molar-refractivity contribution is 5.81. The van der Waals surface area contributed by atoms with Crippen LogP contribution in [-0.2, 0) is 9.59 Å². The number of amides is 2. The van der Waals surface area contributed by atoms with Crippen LogP contribution in [0.4, 0.5) is 8.78 Å². The second-order valence-corrected chi connectivity index (χ2v) is 14.7. The quantitative estimate of drug-likeness (QED) is 0.356. The molecule has 6 aliphatic rings. The topological polar surface area (TPSA) is 103 Å². The fourth-order valence-electron chi connectivity index (χ4n) is 9.96. The number of rotatable bonds is 5. The van der Waals surface area contributed by atoms with Gasteiger partial charge in [-0.15, -0.1) is 0 Å². The van der Waals surface area contributed by atoms with Gasteiger partial charge in [-0.1, -0.05) is 6.92 Å². The van der Waals surface area contributed by atoms with Crippen LogP contribution in [0.1, 0.15) is 64.7 Å². The molecule has 0 radical (unpaired) electrons. The first kappa shape index (κ1) is 30.6. The predicted molar refractivity (Wildman–Crippen MR) is 158 cm³/mol. The van der Waals surface area contributed by atoms with Gasteiger partial charge in [0.2, 0.25) is 11.8 Å². The third kappa shape index (κ3) is 5.61. The zero-order chi connectivity index (χ0) is 29.6. The minimum Gasteiger partial charge on any atom is -0.350 e. The maximum absolute atomic E-state index is 15.6. The van der Waals surface area contributed by atoms with Crippen LogP contribution >= 0.6 is 0 Å². The lowest BCUT2D eigenvalue weighted by Crippen LogP contribution is -2.70. The van der Waals surface area contributed by atoms with E-state index in [1.165, 1.54) is 6.42 Å². The molecule has 6 fully saturated rings. The number of hydrogen-bond acceptors (Lipinski definition) is 6. The molecule has 5 N–H and O–H groups in total. The lowest BCUT2D eigenvalue weighted by Gasteiger charge is -2.48. The van der Waals surface area contributed by atoms with Crippen LogP contribution in [0.5, 0.6) is 0 Å². The highest BCUT2D eigenvalue weighted by Crippen LogP contribution is 2.51. The smallest absolute Gasteiger partial charge is 0.232 e. The highest BCUT2D eigenvalue weighted by atomic mass is 19.1. The van der Waals surface area contributed by atoms with Gasteiger partial charge in [0, 0.05) is 50.0 Å². The van der Waals surface area contributed by atoms with Crippen molar-refractivity contribution in [1.29, 1.82) is 0 Å². The van der Waals surface area contributed by atoms with Gasteiger partial charge in [0.05, 0.1) is 31.8 Å². The summed E-state index contributed by atoms with van der Waals surface area (Å²) in [4.78, 5) is 31.5. The standard InChI is InChI=1S/C31H53F2N7O2/c1-3-31-15-24-26(28(34)37-25(31)8-7-21(32)18-40(24,2)19-31)29(41)36-23-17-35-16-22(33)27(23)38-13-9-20(10-14-38)30(42)39-11-5-4-6-12-39/h20-28,35,37H,3-19,34H2,1-2H3/p+1. The number of nitrogens with one attached hydrogen (secondary N) is 3. The Kier molecular flexibility index (Phi) is 8.88. The monoisotopic (exact) mass is 594 g/mol. The van der Waals surface area contributed by atoms with Gasteiger partial charge in [0.15, 0.2) is 0 Å². The molecule has 9 nitrogen and oxygen atoms in total. The number of hydrogen-bond donors (Lipinski definition) is 4. The Hall–Kier alpha value is -1.40. The normalized spacial score (nSPS) is 45.2. The molecular formula is C31H54F2N7O2+. The number of nitrogens with zero attached hydrogens (tertiary/aromatic N) is 3. The molecule has 2 amide bonds. The van der Waals surface area contributed by atoms with Crippen LogP contribution in [-0.4, -0.2) is 128 Å². The van der Waals surface area contributed by atoms with Crippen LogP contribution < -0.4 is 21.7 Å². The maximum Gasteiger partial charge on any atom is 0.232 e. The lowest BCUT2D eigenvalue weighted by molar-refractivity contribution is -0.929. The van der Waals surface area contributed by atoms with E-state index in [2.05, 4.69) is 34.8 Å².